The molecule has 3 nitrogen and oxygen atoms in total. The molecular formula is C13H13ClFN3. The van der Waals surface area contributed by atoms with Gasteiger partial charge in [-0.3, -0.25) is 0 Å². The zero-order chi connectivity index (χ0) is 13.1. The van der Waals surface area contributed by atoms with E-state index in [0.29, 0.717) is 22.8 Å². The monoisotopic (exact) mass is 265 g/mol. The quantitative estimate of drug-likeness (QED) is 0.897. The van der Waals surface area contributed by atoms with Crippen molar-refractivity contribution in [2.24, 2.45) is 5.73 Å². The zero-order valence-corrected chi connectivity index (χ0v) is 10.4. The fraction of sp³-hybridized carbons (Fsp3) is 0.154. The fourth-order valence-electron chi connectivity index (χ4n) is 1.79. The van der Waals surface area contributed by atoms with Gasteiger partial charge in [-0.05, 0) is 41.8 Å². The van der Waals surface area contributed by atoms with E-state index in [1.165, 1.54) is 12.1 Å². The number of hydrogen-bond donors (Lipinski definition) is 2. The first kappa shape index (κ1) is 12.8. The van der Waals surface area contributed by atoms with Gasteiger partial charge in [-0.15, -0.1) is 0 Å². The van der Waals surface area contributed by atoms with Crippen molar-refractivity contribution < 1.29 is 4.39 Å². The average molecular weight is 266 g/mol. The van der Waals surface area contributed by atoms with Crippen LogP contribution in [0.3, 0.4) is 0 Å². The maximum Gasteiger partial charge on any atom is 0.124 e. The SMILES string of the molecule is Nc1cc(CC(N)c2ccc(F)cc2Cl)ccn1. The Hall–Kier alpha value is -1.65. The van der Waals surface area contributed by atoms with Crippen LogP contribution < -0.4 is 11.5 Å². The van der Waals surface area contributed by atoms with Gasteiger partial charge in [0.15, 0.2) is 0 Å². The highest BCUT2D eigenvalue weighted by molar-refractivity contribution is 6.31. The molecule has 0 saturated carbocycles. The number of nitrogens with zero attached hydrogens (tertiary/aromatic N) is 1. The first-order valence-corrected chi connectivity index (χ1v) is 5.85. The highest BCUT2D eigenvalue weighted by Crippen LogP contribution is 2.25. The summed E-state index contributed by atoms with van der Waals surface area (Å²) in [7, 11) is 0. The molecule has 1 heterocycles. The van der Waals surface area contributed by atoms with Crippen molar-refractivity contribution in [2.45, 2.75) is 12.5 Å². The van der Waals surface area contributed by atoms with Crippen LogP contribution in [-0.4, -0.2) is 4.98 Å². The molecule has 1 atom stereocenters. The molecule has 0 radical (unpaired) electrons. The Kier molecular flexibility index (Phi) is 3.79. The summed E-state index contributed by atoms with van der Waals surface area (Å²) in [5, 5.41) is 0.338. The first-order valence-electron chi connectivity index (χ1n) is 5.47. The summed E-state index contributed by atoms with van der Waals surface area (Å²) in [5.41, 5.74) is 13.3. The number of rotatable bonds is 3. The number of halogens is 2. The average Bonchev–Trinajstić information content (AvgIpc) is 2.28. The van der Waals surface area contributed by atoms with E-state index in [1.807, 2.05) is 6.07 Å². The zero-order valence-electron chi connectivity index (χ0n) is 9.61. The Labute approximate surface area is 110 Å². The minimum absolute atomic E-state index is 0.306. The molecule has 0 aliphatic heterocycles. The number of aromatic nitrogens is 1. The molecule has 0 spiro atoms. The van der Waals surface area contributed by atoms with E-state index in [4.69, 9.17) is 23.1 Å². The Morgan fingerprint density at radius 2 is 2.06 bits per heavy atom. The molecule has 0 aliphatic carbocycles. The van der Waals surface area contributed by atoms with E-state index in [1.54, 1.807) is 18.3 Å². The van der Waals surface area contributed by atoms with Crippen molar-refractivity contribution in [2.75, 3.05) is 5.73 Å². The third-order valence-corrected chi connectivity index (χ3v) is 2.99. The third-order valence-electron chi connectivity index (χ3n) is 2.66. The van der Waals surface area contributed by atoms with E-state index >= 15 is 0 Å². The summed E-state index contributed by atoms with van der Waals surface area (Å²) in [6.45, 7) is 0. The van der Waals surface area contributed by atoms with Crippen LogP contribution in [0.2, 0.25) is 5.02 Å². The van der Waals surface area contributed by atoms with E-state index in [0.717, 1.165) is 5.56 Å². The lowest BCUT2D eigenvalue weighted by atomic mass is 10.0. The summed E-state index contributed by atoms with van der Waals surface area (Å²) < 4.78 is 12.9. The predicted molar refractivity (Wildman–Crippen MR) is 70.7 cm³/mol. The van der Waals surface area contributed by atoms with Crippen LogP contribution in [0.4, 0.5) is 10.2 Å². The van der Waals surface area contributed by atoms with Crippen molar-refractivity contribution in [1.29, 1.82) is 0 Å². The van der Waals surface area contributed by atoms with Crippen LogP contribution in [0.25, 0.3) is 0 Å². The lowest BCUT2D eigenvalue weighted by molar-refractivity contribution is 0.624. The Bertz CT molecular complexity index is 560. The molecule has 5 heteroatoms. The van der Waals surface area contributed by atoms with Gasteiger partial charge in [-0.2, -0.15) is 0 Å². The number of benzene rings is 1. The highest BCUT2D eigenvalue weighted by Gasteiger charge is 2.12. The molecular weight excluding hydrogens is 253 g/mol. The number of nitrogen functional groups attached to an aromatic ring is 1. The fourth-order valence-corrected chi connectivity index (χ4v) is 2.09. The summed E-state index contributed by atoms with van der Waals surface area (Å²) in [6.07, 6.45) is 2.20. The summed E-state index contributed by atoms with van der Waals surface area (Å²) in [5.74, 6) is 0.0778. The minimum atomic E-state index is -0.371. The van der Waals surface area contributed by atoms with Crippen LogP contribution in [0.1, 0.15) is 17.2 Å². The largest absolute Gasteiger partial charge is 0.384 e. The Morgan fingerprint density at radius 1 is 1.28 bits per heavy atom. The van der Waals surface area contributed by atoms with E-state index < -0.39 is 0 Å². The van der Waals surface area contributed by atoms with Crippen LogP contribution in [0.5, 0.6) is 0 Å². The second-order valence-corrected chi connectivity index (χ2v) is 4.47. The molecule has 4 N–H and O–H groups in total. The Balaban J connectivity index is 2.19. The molecule has 0 saturated heterocycles. The Morgan fingerprint density at radius 3 is 2.72 bits per heavy atom. The third kappa shape index (κ3) is 2.97. The molecule has 0 amide bonds. The van der Waals surface area contributed by atoms with Gasteiger partial charge in [0.05, 0.1) is 0 Å². The molecule has 0 aliphatic rings. The maximum absolute atomic E-state index is 12.9. The van der Waals surface area contributed by atoms with Gasteiger partial charge in [-0.1, -0.05) is 17.7 Å². The van der Waals surface area contributed by atoms with Crippen LogP contribution >= 0.6 is 11.6 Å². The molecule has 0 fully saturated rings. The summed E-state index contributed by atoms with van der Waals surface area (Å²) in [4.78, 5) is 3.91. The molecule has 0 bridgehead atoms. The first-order chi connectivity index (χ1) is 8.56. The molecule has 1 aromatic heterocycles. The molecule has 2 aromatic rings. The minimum Gasteiger partial charge on any atom is -0.384 e. The van der Waals surface area contributed by atoms with Crippen molar-refractivity contribution in [3.8, 4) is 0 Å². The standard InChI is InChI=1S/C13H13ClFN3/c14-11-7-9(15)1-2-10(11)12(16)5-8-3-4-18-13(17)6-8/h1-4,6-7,12H,5,16H2,(H2,17,18). The second-order valence-electron chi connectivity index (χ2n) is 4.07. The molecule has 2 rings (SSSR count). The van der Waals surface area contributed by atoms with E-state index in [9.17, 15) is 4.39 Å². The number of pyridine rings is 1. The van der Waals surface area contributed by atoms with Gasteiger partial charge >= 0.3 is 0 Å². The predicted octanol–water partition coefficient (Wildman–Crippen LogP) is 2.70. The molecule has 1 unspecified atom stereocenters. The normalized spacial score (nSPS) is 12.4. The number of anilines is 1. The second kappa shape index (κ2) is 5.33. The lowest BCUT2D eigenvalue weighted by Gasteiger charge is -2.14. The van der Waals surface area contributed by atoms with E-state index in [2.05, 4.69) is 4.98 Å². The van der Waals surface area contributed by atoms with Gasteiger partial charge in [0.1, 0.15) is 11.6 Å². The summed E-state index contributed by atoms with van der Waals surface area (Å²) >= 11 is 5.96. The highest BCUT2D eigenvalue weighted by atomic mass is 35.5. The van der Waals surface area contributed by atoms with Gasteiger partial charge in [0.25, 0.3) is 0 Å². The van der Waals surface area contributed by atoms with Gasteiger partial charge in [0, 0.05) is 17.3 Å². The van der Waals surface area contributed by atoms with Crippen molar-refractivity contribution in [1.82, 2.24) is 4.98 Å². The van der Waals surface area contributed by atoms with Gasteiger partial charge in [-0.25, -0.2) is 9.37 Å². The van der Waals surface area contributed by atoms with E-state index in [-0.39, 0.29) is 11.9 Å². The number of hydrogen-bond acceptors (Lipinski definition) is 3. The van der Waals surface area contributed by atoms with Crippen molar-refractivity contribution in [3.63, 3.8) is 0 Å². The van der Waals surface area contributed by atoms with Crippen LogP contribution in [0.15, 0.2) is 36.5 Å². The van der Waals surface area contributed by atoms with Gasteiger partial charge in [0.2, 0.25) is 0 Å². The van der Waals surface area contributed by atoms with Crippen LogP contribution in [0, 0.1) is 5.82 Å². The smallest absolute Gasteiger partial charge is 0.124 e. The topological polar surface area (TPSA) is 64.9 Å². The molecule has 18 heavy (non-hydrogen) atoms. The molecule has 1 aromatic carbocycles. The maximum atomic E-state index is 12.9. The van der Waals surface area contributed by atoms with Crippen molar-refractivity contribution >= 4 is 17.4 Å². The molecule has 94 valence electrons. The lowest BCUT2D eigenvalue weighted by Crippen LogP contribution is -2.14. The van der Waals surface area contributed by atoms with Crippen molar-refractivity contribution in [3.05, 3.63) is 58.5 Å². The van der Waals surface area contributed by atoms with Crippen LogP contribution in [-0.2, 0) is 6.42 Å². The number of nitrogens with two attached hydrogens (primary N) is 2. The van der Waals surface area contributed by atoms with Gasteiger partial charge < -0.3 is 11.5 Å². The summed E-state index contributed by atoms with van der Waals surface area (Å²) in [6, 6.07) is 7.51.